The van der Waals surface area contributed by atoms with E-state index in [1.165, 1.54) is 24.3 Å². The third-order valence-corrected chi connectivity index (χ3v) is 5.72. The van der Waals surface area contributed by atoms with Crippen LogP contribution in [0, 0.1) is 0 Å². The lowest BCUT2D eigenvalue weighted by atomic mass is 10.2. The van der Waals surface area contributed by atoms with Gasteiger partial charge in [0.1, 0.15) is 0 Å². The first kappa shape index (κ1) is 18.9. The van der Waals surface area contributed by atoms with Crippen LogP contribution in [0.4, 0.5) is 11.4 Å². The van der Waals surface area contributed by atoms with E-state index in [0.29, 0.717) is 24.5 Å². The van der Waals surface area contributed by atoms with Crippen LogP contribution in [-0.2, 0) is 14.6 Å². The molecule has 0 radical (unpaired) electrons. The van der Waals surface area contributed by atoms with Crippen molar-refractivity contribution in [3.63, 3.8) is 0 Å². The van der Waals surface area contributed by atoms with Crippen LogP contribution < -0.4 is 10.2 Å². The zero-order valence-electron chi connectivity index (χ0n) is 14.2. The Hall–Kier alpha value is -1.90. The number of rotatable bonds is 4. The van der Waals surface area contributed by atoms with Gasteiger partial charge < -0.3 is 15.0 Å². The third kappa shape index (κ3) is 4.44. The van der Waals surface area contributed by atoms with Gasteiger partial charge in [0.2, 0.25) is 0 Å². The molecule has 1 amide bonds. The van der Waals surface area contributed by atoms with Crippen LogP contribution in [0.3, 0.4) is 0 Å². The minimum absolute atomic E-state index is 0.186. The van der Waals surface area contributed by atoms with E-state index < -0.39 is 9.84 Å². The van der Waals surface area contributed by atoms with Crippen LogP contribution in [0.2, 0.25) is 0 Å². The second-order valence-electron chi connectivity index (χ2n) is 6.01. The molecule has 8 heteroatoms. The fourth-order valence-electron chi connectivity index (χ4n) is 2.74. The molecule has 3 rings (SSSR count). The molecule has 0 unspecified atom stereocenters. The molecule has 0 bridgehead atoms. The number of morpholine rings is 1. The van der Waals surface area contributed by atoms with Crippen molar-refractivity contribution in [1.82, 2.24) is 0 Å². The highest BCUT2D eigenvalue weighted by atomic mass is 79.9. The summed E-state index contributed by atoms with van der Waals surface area (Å²) in [6.07, 6.45) is 1.14. The van der Waals surface area contributed by atoms with Crippen molar-refractivity contribution in [1.29, 1.82) is 0 Å². The van der Waals surface area contributed by atoms with Crippen LogP contribution in [-0.4, -0.2) is 46.9 Å². The van der Waals surface area contributed by atoms with Crippen molar-refractivity contribution in [2.45, 2.75) is 4.90 Å². The second kappa shape index (κ2) is 7.77. The van der Waals surface area contributed by atoms with Gasteiger partial charge in [-0.2, -0.15) is 0 Å². The summed E-state index contributed by atoms with van der Waals surface area (Å²) >= 11 is 3.44. The Morgan fingerprint density at radius 3 is 2.38 bits per heavy atom. The van der Waals surface area contributed by atoms with Gasteiger partial charge in [-0.05, 0) is 42.5 Å². The van der Waals surface area contributed by atoms with Gasteiger partial charge in [-0.15, -0.1) is 0 Å². The fraction of sp³-hybridized carbons (Fsp3) is 0.278. The van der Waals surface area contributed by atoms with Crippen LogP contribution in [0.25, 0.3) is 0 Å². The first-order valence-electron chi connectivity index (χ1n) is 8.08. The van der Waals surface area contributed by atoms with Crippen molar-refractivity contribution in [2.24, 2.45) is 0 Å². The molecular weight excluding hydrogens is 420 g/mol. The highest BCUT2D eigenvalue weighted by Gasteiger charge is 2.17. The smallest absolute Gasteiger partial charge is 0.255 e. The molecule has 2 aromatic rings. The molecule has 1 saturated heterocycles. The Bertz CT molecular complexity index is 907. The van der Waals surface area contributed by atoms with Crippen LogP contribution >= 0.6 is 15.9 Å². The quantitative estimate of drug-likeness (QED) is 0.793. The van der Waals surface area contributed by atoms with E-state index in [-0.39, 0.29) is 10.8 Å². The molecule has 0 atom stereocenters. The predicted octanol–water partition coefficient (Wildman–Crippen LogP) is 2.94. The Morgan fingerprint density at radius 1 is 1.12 bits per heavy atom. The van der Waals surface area contributed by atoms with Gasteiger partial charge in [0, 0.05) is 29.4 Å². The summed E-state index contributed by atoms with van der Waals surface area (Å²) in [5.74, 6) is -0.294. The number of anilines is 2. The highest BCUT2D eigenvalue weighted by Crippen LogP contribution is 2.30. The highest BCUT2D eigenvalue weighted by molar-refractivity contribution is 9.10. The largest absolute Gasteiger partial charge is 0.378 e. The fourth-order valence-corrected chi connectivity index (χ4v) is 3.73. The van der Waals surface area contributed by atoms with E-state index in [9.17, 15) is 13.2 Å². The monoisotopic (exact) mass is 438 g/mol. The Labute approximate surface area is 161 Å². The molecule has 26 heavy (non-hydrogen) atoms. The molecule has 1 N–H and O–H groups in total. The second-order valence-corrected chi connectivity index (χ2v) is 8.94. The van der Waals surface area contributed by atoms with E-state index in [1.54, 1.807) is 0 Å². The van der Waals surface area contributed by atoms with Crippen molar-refractivity contribution in [3.05, 3.63) is 52.5 Å². The maximum Gasteiger partial charge on any atom is 0.255 e. The number of carbonyl (C=O) groups excluding carboxylic acids is 1. The zero-order chi connectivity index (χ0) is 18.7. The number of sulfone groups is 1. The van der Waals surface area contributed by atoms with E-state index >= 15 is 0 Å². The van der Waals surface area contributed by atoms with E-state index in [4.69, 9.17) is 4.74 Å². The van der Waals surface area contributed by atoms with E-state index in [2.05, 4.69) is 26.1 Å². The molecule has 1 heterocycles. The van der Waals surface area contributed by atoms with Crippen molar-refractivity contribution in [3.8, 4) is 0 Å². The molecule has 6 nitrogen and oxygen atoms in total. The molecule has 2 aromatic carbocycles. The van der Waals surface area contributed by atoms with Crippen molar-refractivity contribution >= 4 is 43.0 Å². The summed E-state index contributed by atoms with van der Waals surface area (Å²) in [5.41, 5.74) is 2.02. The first-order valence-corrected chi connectivity index (χ1v) is 10.8. The normalized spacial score (nSPS) is 14.9. The number of hydrogen-bond donors (Lipinski definition) is 1. The summed E-state index contributed by atoms with van der Waals surface area (Å²) < 4.78 is 29.3. The zero-order valence-corrected chi connectivity index (χ0v) is 16.6. The van der Waals surface area contributed by atoms with Gasteiger partial charge in [-0.25, -0.2) is 8.42 Å². The summed E-state index contributed by atoms with van der Waals surface area (Å²) in [4.78, 5) is 15.0. The molecule has 0 aromatic heterocycles. The van der Waals surface area contributed by atoms with Gasteiger partial charge in [0.05, 0.1) is 29.5 Å². The number of ether oxygens (including phenoxy) is 1. The molecule has 0 aliphatic carbocycles. The molecule has 1 aliphatic heterocycles. The average molecular weight is 439 g/mol. The van der Waals surface area contributed by atoms with Gasteiger partial charge in [0.15, 0.2) is 9.84 Å². The lowest BCUT2D eigenvalue weighted by molar-refractivity contribution is 0.102. The van der Waals surface area contributed by atoms with Gasteiger partial charge in [-0.1, -0.05) is 15.9 Å². The first-order chi connectivity index (χ1) is 12.3. The minimum atomic E-state index is -3.29. The van der Waals surface area contributed by atoms with Gasteiger partial charge in [-0.3, -0.25) is 4.79 Å². The maximum atomic E-state index is 12.6. The van der Waals surface area contributed by atoms with Crippen molar-refractivity contribution < 1.29 is 17.9 Å². The number of nitrogens with zero attached hydrogens (tertiary/aromatic N) is 1. The number of nitrogens with one attached hydrogen (secondary N) is 1. The summed E-state index contributed by atoms with van der Waals surface area (Å²) in [7, 11) is -3.29. The summed E-state index contributed by atoms with van der Waals surface area (Å²) in [5, 5.41) is 2.92. The number of carbonyl (C=O) groups is 1. The van der Waals surface area contributed by atoms with Gasteiger partial charge >= 0.3 is 0 Å². The molecule has 0 saturated carbocycles. The van der Waals surface area contributed by atoms with Crippen molar-refractivity contribution in [2.75, 3.05) is 42.8 Å². The van der Waals surface area contributed by atoms with Crippen LogP contribution in [0.5, 0.6) is 0 Å². The third-order valence-electron chi connectivity index (χ3n) is 4.10. The van der Waals surface area contributed by atoms with E-state index in [1.807, 2.05) is 18.2 Å². The maximum absolute atomic E-state index is 12.6. The Morgan fingerprint density at radius 2 is 1.77 bits per heavy atom. The summed E-state index contributed by atoms with van der Waals surface area (Å²) in [6.45, 7) is 2.81. The predicted molar refractivity (Wildman–Crippen MR) is 105 cm³/mol. The molecule has 138 valence electrons. The average Bonchev–Trinajstić information content (AvgIpc) is 2.62. The lowest BCUT2D eigenvalue weighted by Crippen LogP contribution is -2.36. The molecule has 1 aliphatic rings. The topological polar surface area (TPSA) is 75.7 Å². The Kier molecular flexibility index (Phi) is 5.64. The summed E-state index contributed by atoms with van der Waals surface area (Å²) in [6, 6.07) is 11.6. The molecule has 0 spiro atoms. The lowest BCUT2D eigenvalue weighted by Gasteiger charge is -2.30. The Balaban J connectivity index is 1.83. The van der Waals surface area contributed by atoms with Crippen LogP contribution in [0.1, 0.15) is 10.4 Å². The number of hydrogen-bond acceptors (Lipinski definition) is 5. The van der Waals surface area contributed by atoms with Crippen LogP contribution in [0.15, 0.2) is 51.8 Å². The molecular formula is C18H19BrN2O4S. The standard InChI is InChI=1S/C18H19BrN2O4S/c1-26(23,24)15-5-2-13(3-6-15)18(22)20-16-12-14(19)4-7-17(16)21-8-10-25-11-9-21/h2-7,12H,8-11H2,1H3,(H,20,22). The SMILES string of the molecule is CS(=O)(=O)c1ccc(C(=O)Nc2cc(Br)ccc2N2CCOCC2)cc1. The minimum Gasteiger partial charge on any atom is -0.378 e. The number of benzene rings is 2. The molecule has 1 fully saturated rings. The van der Waals surface area contributed by atoms with Gasteiger partial charge in [0.25, 0.3) is 5.91 Å². The number of halogens is 1. The van der Waals surface area contributed by atoms with E-state index in [0.717, 1.165) is 29.5 Å². The number of amides is 1.